The Bertz CT molecular complexity index is 756. The molecule has 0 aromatic heterocycles. The molecule has 1 saturated heterocycles. The molecule has 2 N–H and O–H groups in total. The molecule has 1 unspecified atom stereocenters. The van der Waals surface area contributed by atoms with Gasteiger partial charge in [0.2, 0.25) is 0 Å². The molecule has 2 amide bonds. The van der Waals surface area contributed by atoms with E-state index in [0.29, 0.717) is 23.4 Å². The highest BCUT2D eigenvalue weighted by Crippen LogP contribution is 2.13. The van der Waals surface area contributed by atoms with E-state index in [4.69, 9.17) is 4.74 Å². The number of halogens is 1. The van der Waals surface area contributed by atoms with Crippen LogP contribution in [-0.2, 0) is 4.74 Å². The molecule has 1 fully saturated rings. The monoisotopic (exact) mass is 342 g/mol. The normalized spacial score (nSPS) is 16.4. The van der Waals surface area contributed by atoms with Gasteiger partial charge < -0.3 is 15.4 Å². The van der Waals surface area contributed by atoms with Crippen molar-refractivity contribution in [3.05, 3.63) is 65.5 Å². The van der Waals surface area contributed by atoms with Gasteiger partial charge in [0, 0.05) is 30.0 Å². The first kappa shape index (κ1) is 17.1. The van der Waals surface area contributed by atoms with Crippen LogP contribution in [0.25, 0.3) is 0 Å². The third-order valence-corrected chi connectivity index (χ3v) is 4.01. The molecule has 1 aliphatic rings. The summed E-state index contributed by atoms with van der Waals surface area (Å²) in [5.41, 5.74) is 1.24. The fourth-order valence-electron chi connectivity index (χ4n) is 2.66. The Labute approximate surface area is 145 Å². The number of rotatable bonds is 5. The highest BCUT2D eigenvalue weighted by Gasteiger charge is 2.17. The smallest absolute Gasteiger partial charge is 0.255 e. The molecular formula is C19H19FN2O3. The second-order valence-electron chi connectivity index (χ2n) is 5.89. The molecule has 130 valence electrons. The second-order valence-corrected chi connectivity index (χ2v) is 5.89. The maximum atomic E-state index is 13.1. The van der Waals surface area contributed by atoms with E-state index in [-0.39, 0.29) is 17.9 Å². The maximum Gasteiger partial charge on any atom is 0.255 e. The SMILES string of the molecule is O=C(NCC1CCCO1)c1ccc(C(=O)Nc2cccc(F)c2)cc1. The summed E-state index contributed by atoms with van der Waals surface area (Å²) in [5, 5.41) is 5.44. The molecular weight excluding hydrogens is 323 g/mol. The lowest BCUT2D eigenvalue weighted by Crippen LogP contribution is -2.31. The lowest BCUT2D eigenvalue weighted by atomic mass is 10.1. The Balaban J connectivity index is 1.57. The van der Waals surface area contributed by atoms with Crippen LogP contribution in [0.5, 0.6) is 0 Å². The number of carbonyl (C=O) groups is 2. The van der Waals surface area contributed by atoms with Crippen LogP contribution in [0, 0.1) is 5.82 Å². The van der Waals surface area contributed by atoms with Crippen molar-refractivity contribution in [2.75, 3.05) is 18.5 Å². The minimum atomic E-state index is -0.420. The van der Waals surface area contributed by atoms with Crippen molar-refractivity contribution in [2.45, 2.75) is 18.9 Å². The van der Waals surface area contributed by atoms with E-state index < -0.39 is 5.82 Å². The predicted molar refractivity (Wildman–Crippen MR) is 92.1 cm³/mol. The van der Waals surface area contributed by atoms with Crippen molar-refractivity contribution in [3.8, 4) is 0 Å². The molecule has 2 aromatic carbocycles. The van der Waals surface area contributed by atoms with Crippen molar-refractivity contribution in [1.82, 2.24) is 5.32 Å². The number of carbonyl (C=O) groups excluding carboxylic acids is 2. The fraction of sp³-hybridized carbons (Fsp3) is 0.263. The van der Waals surface area contributed by atoms with Gasteiger partial charge in [-0.15, -0.1) is 0 Å². The number of hydrogen-bond acceptors (Lipinski definition) is 3. The number of ether oxygens (including phenoxy) is 1. The molecule has 3 rings (SSSR count). The van der Waals surface area contributed by atoms with Crippen LogP contribution in [0.15, 0.2) is 48.5 Å². The summed E-state index contributed by atoms with van der Waals surface area (Å²) < 4.78 is 18.6. The van der Waals surface area contributed by atoms with E-state index in [1.165, 1.54) is 18.2 Å². The van der Waals surface area contributed by atoms with Gasteiger partial charge in [0.05, 0.1) is 6.10 Å². The molecule has 0 saturated carbocycles. The third kappa shape index (κ3) is 4.64. The van der Waals surface area contributed by atoms with E-state index in [1.807, 2.05) is 0 Å². The summed E-state index contributed by atoms with van der Waals surface area (Å²) in [7, 11) is 0. The Kier molecular flexibility index (Phi) is 5.40. The third-order valence-electron chi connectivity index (χ3n) is 4.01. The zero-order valence-corrected chi connectivity index (χ0v) is 13.6. The molecule has 6 heteroatoms. The van der Waals surface area contributed by atoms with E-state index in [1.54, 1.807) is 30.3 Å². The first-order chi connectivity index (χ1) is 12.1. The zero-order valence-electron chi connectivity index (χ0n) is 13.6. The minimum Gasteiger partial charge on any atom is -0.376 e. The summed E-state index contributed by atoms with van der Waals surface area (Å²) in [6.45, 7) is 1.23. The van der Waals surface area contributed by atoms with Gasteiger partial charge in [-0.05, 0) is 55.3 Å². The van der Waals surface area contributed by atoms with Gasteiger partial charge in [0.15, 0.2) is 0 Å². The number of nitrogens with one attached hydrogen (secondary N) is 2. The van der Waals surface area contributed by atoms with Crippen molar-refractivity contribution >= 4 is 17.5 Å². The molecule has 2 aromatic rings. The quantitative estimate of drug-likeness (QED) is 0.878. The van der Waals surface area contributed by atoms with Crippen LogP contribution in [0.4, 0.5) is 10.1 Å². The lowest BCUT2D eigenvalue weighted by Gasteiger charge is -2.11. The first-order valence-electron chi connectivity index (χ1n) is 8.18. The fourth-order valence-corrected chi connectivity index (χ4v) is 2.66. The number of hydrogen-bond donors (Lipinski definition) is 2. The molecule has 25 heavy (non-hydrogen) atoms. The Hall–Kier alpha value is -2.73. The van der Waals surface area contributed by atoms with Crippen molar-refractivity contribution in [2.24, 2.45) is 0 Å². The first-order valence-corrected chi connectivity index (χ1v) is 8.18. The van der Waals surface area contributed by atoms with Gasteiger partial charge in [-0.3, -0.25) is 9.59 Å². The minimum absolute atomic E-state index is 0.0836. The Morgan fingerprint density at radius 3 is 2.44 bits per heavy atom. The highest BCUT2D eigenvalue weighted by atomic mass is 19.1. The van der Waals surface area contributed by atoms with Gasteiger partial charge in [-0.1, -0.05) is 6.07 Å². The lowest BCUT2D eigenvalue weighted by molar-refractivity contribution is 0.0857. The van der Waals surface area contributed by atoms with Crippen LogP contribution in [0.2, 0.25) is 0 Å². The average Bonchev–Trinajstić information content (AvgIpc) is 3.13. The summed E-state index contributed by atoms with van der Waals surface area (Å²) >= 11 is 0. The zero-order chi connectivity index (χ0) is 17.6. The summed E-state index contributed by atoms with van der Waals surface area (Å²) in [6, 6.07) is 12.0. The average molecular weight is 342 g/mol. The topological polar surface area (TPSA) is 67.4 Å². The Morgan fingerprint density at radius 1 is 1.08 bits per heavy atom. The largest absolute Gasteiger partial charge is 0.376 e. The second kappa shape index (κ2) is 7.90. The van der Waals surface area contributed by atoms with Crippen molar-refractivity contribution in [1.29, 1.82) is 0 Å². The number of benzene rings is 2. The van der Waals surface area contributed by atoms with Crippen LogP contribution in [0.1, 0.15) is 33.6 Å². The molecule has 5 nitrogen and oxygen atoms in total. The van der Waals surface area contributed by atoms with Crippen LogP contribution < -0.4 is 10.6 Å². The summed E-state index contributed by atoms with van der Waals surface area (Å²) in [6.07, 6.45) is 2.06. The molecule has 0 spiro atoms. The summed E-state index contributed by atoms with van der Waals surface area (Å²) in [4.78, 5) is 24.3. The van der Waals surface area contributed by atoms with Crippen molar-refractivity contribution in [3.63, 3.8) is 0 Å². The van der Waals surface area contributed by atoms with E-state index in [2.05, 4.69) is 10.6 Å². The molecule has 0 aliphatic carbocycles. The maximum absolute atomic E-state index is 13.1. The van der Waals surface area contributed by atoms with Gasteiger partial charge in [-0.25, -0.2) is 4.39 Å². The molecule has 1 aliphatic heterocycles. The van der Waals surface area contributed by atoms with Crippen LogP contribution in [0.3, 0.4) is 0 Å². The molecule has 0 radical (unpaired) electrons. The highest BCUT2D eigenvalue weighted by molar-refractivity contribution is 6.05. The number of anilines is 1. The Morgan fingerprint density at radius 2 is 1.80 bits per heavy atom. The molecule has 0 bridgehead atoms. The van der Waals surface area contributed by atoms with Gasteiger partial charge in [0.25, 0.3) is 11.8 Å². The van der Waals surface area contributed by atoms with Crippen LogP contribution >= 0.6 is 0 Å². The van der Waals surface area contributed by atoms with Gasteiger partial charge in [-0.2, -0.15) is 0 Å². The number of amides is 2. The van der Waals surface area contributed by atoms with Crippen molar-refractivity contribution < 1.29 is 18.7 Å². The molecule has 1 atom stereocenters. The van der Waals surface area contributed by atoms with Gasteiger partial charge >= 0.3 is 0 Å². The predicted octanol–water partition coefficient (Wildman–Crippen LogP) is 2.99. The standard InChI is InChI=1S/C19H19FN2O3/c20-15-3-1-4-16(11-15)22-19(24)14-8-6-13(7-9-14)18(23)21-12-17-5-2-10-25-17/h1,3-4,6-9,11,17H,2,5,10,12H2,(H,21,23)(H,22,24). The van der Waals surface area contributed by atoms with Crippen LogP contribution in [-0.4, -0.2) is 31.1 Å². The summed E-state index contributed by atoms with van der Waals surface area (Å²) in [5.74, 6) is -0.986. The van der Waals surface area contributed by atoms with Gasteiger partial charge in [0.1, 0.15) is 5.82 Å². The molecule has 1 heterocycles. The van der Waals surface area contributed by atoms with E-state index in [9.17, 15) is 14.0 Å². The van der Waals surface area contributed by atoms with E-state index in [0.717, 1.165) is 19.4 Å². The van der Waals surface area contributed by atoms with E-state index >= 15 is 0 Å².